The van der Waals surface area contributed by atoms with Gasteiger partial charge in [0.1, 0.15) is 18.0 Å². The van der Waals surface area contributed by atoms with Crippen LogP contribution in [0.4, 0.5) is 0 Å². The van der Waals surface area contributed by atoms with Crippen LogP contribution >= 0.6 is 0 Å². The fourth-order valence-electron chi connectivity index (χ4n) is 4.43. The zero-order chi connectivity index (χ0) is 20.7. The fraction of sp³-hybridized carbons (Fsp3) is 0.360. The molecule has 2 aliphatic rings. The van der Waals surface area contributed by atoms with Crippen LogP contribution in [-0.2, 0) is 16.0 Å². The van der Waals surface area contributed by atoms with Crippen molar-refractivity contribution in [3.05, 3.63) is 59.3 Å². The van der Waals surface area contributed by atoms with E-state index < -0.39 is 0 Å². The van der Waals surface area contributed by atoms with Crippen molar-refractivity contribution in [2.45, 2.75) is 45.3 Å². The third-order valence-electron chi connectivity index (χ3n) is 5.91. The lowest BCUT2D eigenvalue weighted by Gasteiger charge is -2.16. The first-order valence-corrected chi connectivity index (χ1v) is 10.6. The van der Waals surface area contributed by atoms with Crippen molar-refractivity contribution in [1.82, 2.24) is 10.3 Å². The van der Waals surface area contributed by atoms with Gasteiger partial charge in [-0.1, -0.05) is 18.2 Å². The Hall–Kier alpha value is -2.92. The van der Waals surface area contributed by atoms with Crippen molar-refractivity contribution >= 4 is 16.8 Å². The van der Waals surface area contributed by atoms with E-state index in [4.69, 9.17) is 9.47 Å². The molecule has 3 aromatic rings. The molecule has 0 radical (unpaired) electrons. The molecule has 1 N–H and O–H groups in total. The van der Waals surface area contributed by atoms with Gasteiger partial charge in [-0.3, -0.25) is 9.78 Å². The third kappa shape index (κ3) is 3.65. The van der Waals surface area contributed by atoms with Gasteiger partial charge in [-0.05, 0) is 67.6 Å². The van der Waals surface area contributed by atoms with Gasteiger partial charge >= 0.3 is 0 Å². The van der Waals surface area contributed by atoms with Gasteiger partial charge in [0.2, 0.25) is 5.91 Å². The minimum atomic E-state index is -0.304. The van der Waals surface area contributed by atoms with E-state index in [-0.39, 0.29) is 18.1 Å². The number of hydrogen-bond acceptors (Lipinski definition) is 4. The number of fused-ring (bicyclic) bond motifs is 2. The molecule has 2 atom stereocenters. The molecule has 1 saturated heterocycles. The Labute approximate surface area is 176 Å². The zero-order valence-electron chi connectivity index (χ0n) is 17.4. The number of nitrogens with zero attached hydrogens (tertiary/aromatic N) is 1. The molecule has 3 heterocycles. The summed E-state index contributed by atoms with van der Waals surface area (Å²) in [7, 11) is 0. The summed E-state index contributed by atoms with van der Waals surface area (Å²) in [5.74, 6) is 0.900. The van der Waals surface area contributed by atoms with Crippen LogP contribution < -0.4 is 10.1 Å². The van der Waals surface area contributed by atoms with E-state index in [1.807, 2.05) is 13.0 Å². The Bertz CT molecular complexity index is 1120. The first-order chi connectivity index (χ1) is 14.6. The summed E-state index contributed by atoms with van der Waals surface area (Å²) in [6, 6.07) is 14.9. The van der Waals surface area contributed by atoms with E-state index in [9.17, 15) is 4.79 Å². The maximum Gasteiger partial charge on any atom is 0.249 e. The van der Waals surface area contributed by atoms with Crippen LogP contribution in [0.5, 0.6) is 5.75 Å². The molecule has 2 aliphatic heterocycles. The summed E-state index contributed by atoms with van der Waals surface area (Å²) in [5, 5.41) is 4.12. The molecule has 0 saturated carbocycles. The molecule has 30 heavy (non-hydrogen) atoms. The molecular formula is C25H26N2O3. The lowest BCUT2D eigenvalue weighted by atomic mass is 9.96. The van der Waals surface area contributed by atoms with Gasteiger partial charge in [-0.15, -0.1) is 0 Å². The Morgan fingerprint density at radius 2 is 2.07 bits per heavy atom. The van der Waals surface area contributed by atoms with Crippen LogP contribution in [-0.4, -0.2) is 36.3 Å². The van der Waals surface area contributed by atoms with Gasteiger partial charge in [-0.2, -0.15) is 0 Å². The molecule has 2 aromatic carbocycles. The monoisotopic (exact) mass is 402 g/mol. The van der Waals surface area contributed by atoms with Crippen LogP contribution in [0, 0.1) is 13.8 Å². The highest BCUT2D eigenvalue weighted by molar-refractivity contribution is 5.86. The Balaban J connectivity index is 1.38. The van der Waals surface area contributed by atoms with Gasteiger partial charge in [0, 0.05) is 29.7 Å². The topological polar surface area (TPSA) is 60.5 Å². The van der Waals surface area contributed by atoms with Crippen molar-refractivity contribution < 1.29 is 14.3 Å². The van der Waals surface area contributed by atoms with E-state index in [0.717, 1.165) is 52.7 Å². The molecule has 5 rings (SSSR count). The number of carbonyl (C=O) groups excluding carboxylic acids is 1. The maximum absolute atomic E-state index is 12.3. The largest absolute Gasteiger partial charge is 0.487 e. The number of ether oxygens (including phenoxy) is 2. The highest BCUT2D eigenvalue weighted by atomic mass is 16.5. The third-order valence-corrected chi connectivity index (χ3v) is 5.91. The first-order valence-electron chi connectivity index (χ1n) is 10.6. The van der Waals surface area contributed by atoms with E-state index >= 15 is 0 Å². The number of amides is 1. The fourth-order valence-corrected chi connectivity index (χ4v) is 4.43. The number of aromatic nitrogens is 1. The molecular weight excluding hydrogens is 376 g/mol. The second-order valence-electron chi connectivity index (χ2n) is 8.35. The SMILES string of the molecule is Cc1cc2c(c(-c3ccc4nc(C)ccc4c3)c1)O[C@@H](CNC(=O)[C@H]1CCCO1)C2. The second-order valence-corrected chi connectivity index (χ2v) is 8.35. The van der Waals surface area contributed by atoms with Gasteiger partial charge in [0.25, 0.3) is 0 Å². The molecule has 1 fully saturated rings. The van der Waals surface area contributed by atoms with Crippen LogP contribution in [0.2, 0.25) is 0 Å². The lowest BCUT2D eigenvalue weighted by molar-refractivity contribution is -0.130. The highest BCUT2D eigenvalue weighted by Crippen LogP contribution is 2.40. The van der Waals surface area contributed by atoms with E-state index in [0.29, 0.717) is 13.2 Å². The van der Waals surface area contributed by atoms with Crippen molar-refractivity contribution in [2.24, 2.45) is 0 Å². The second kappa shape index (κ2) is 7.73. The highest BCUT2D eigenvalue weighted by Gasteiger charge is 2.29. The standard InChI is InChI=1S/C25H26N2O3/c1-15-10-19-13-20(14-26-25(28)23-4-3-9-29-23)30-24(19)21(11-15)17-7-8-22-18(12-17)6-5-16(2)27-22/h5-8,10-12,20,23H,3-4,9,13-14H2,1-2H3,(H,26,28)/t20-,23-/m1/s1. The number of pyridine rings is 1. The number of aryl methyl sites for hydroxylation is 2. The van der Waals surface area contributed by atoms with Gasteiger partial charge in [0.05, 0.1) is 12.1 Å². The Kier molecular flexibility index (Phi) is 4.91. The number of benzene rings is 2. The van der Waals surface area contributed by atoms with Gasteiger partial charge in [-0.25, -0.2) is 0 Å². The molecule has 0 bridgehead atoms. The molecule has 1 amide bonds. The van der Waals surface area contributed by atoms with Crippen molar-refractivity contribution in [2.75, 3.05) is 13.2 Å². The predicted octanol–water partition coefficient (Wildman–Crippen LogP) is 4.12. The quantitative estimate of drug-likeness (QED) is 0.713. The summed E-state index contributed by atoms with van der Waals surface area (Å²) < 4.78 is 11.8. The smallest absolute Gasteiger partial charge is 0.249 e. The zero-order valence-corrected chi connectivity index (χ0v) is 17.4. The van der Waals surface area contributed by atoms with E-state index in [1.54, 1.807) is 0 Å². The van der Waals surface area contributed by atoms with E-state index in [2.05, 4.69) is 53.6 Å². The predicted molar refractivity (Wildman–Crippen MR) is 117 cm³/mol. The number of hydrogen-bond donors (Lipinski definition) is 1. The Morgan fingerprint density at radius 1 is 1.17 bits per heavy atom. The summed E-state index contributed by atoms with van der Waals surface area (Å²) in [5.41, 5.74) is 6.64. The molecule has 0 spiro atoms. The molecule has 0 unspecified atom stereocenters. The average Bonchev–Trinajstić information content (AvgIpc) is 3.41. The molecule has 1 aromatic heterocycles. The average molecular weight is 402 g/mol. The minimum absolute atomic E-state index is 0.0271. The maximum atomic E-state index is 12.3. The van der Waals surface area contributed by atoms with Crippen molar-refractivity contribution in [3.63, 3.8) is 0 Å². The molecule has 154 valence electrons. The molecule has 5 nitrogen and oxygen atoms in total. The first kappa shape index (κ1) is 19.1. The lowest BCUT2D eigenvalue weighted by Crippen LogP contribution is -2.40. The molecule has 0 aliphatic carbocycles. The van der Waals surface area contributed by atoms with Crippen LogP contribution in [0.3, 0.4) is 0 Å². The molecule has 5 heteroatoms. The summed E-state index contributed by atoms with van der Waals surface area (Å²) >= 11 is 0. The summed E-state index contributed by atoms with van der Waals surface area (Å²) in [6.07, 6.45) is 2.19. The summed E-state index contributed by atoms with van der Waals surface area (Å²) in [4.78, 5) is 16.9. The van der Waals surface area contributed by atoms with Crippen molar-refractivity contribution in [1.29, 1.82) is 0 Å². The number of rotatable bonds is 4. The van der Waals surface area contributed by atoms with Gasteiger partial charge in [0.15, 0.2) is 0 Å². The summed E-state index contributed by atoms with van der Waals surface area (Å²) in [6.45, 7) is 5.29. The van der Waals surface area contributed by atoms with Crippen LogP contribution in [0.1, 0.15) is 29.7 Å². The number of carbonyl (C=O) groups is 1. The Morgan fingerprint density at radius 3 is 2.90 bits per heavy atom. The normalized spacial score (nSPS) is 20.2. The van der Waals surface area contributed by atoms with Crippen LogP contribution in [0.15, 0.2) is 42.5 Å². The van der Waals surface area contributed by atoms with E-state index in [1.165, 1.54) is 11.1 Å². The van der Waals surface area contributed by atoms with Gasteiger partial charge < -0.3 is 14.8 Å². The minimum Gasteiger partial charge on any atom is -0.487 e. The number of nitrogens with one attached hydrogen (secondary N) is 1. The van der Waals surface area contributed by atoms with Crippen molar-refractivity contribution in [3.8, 4) is 16.9 Å². The van der Waals surface area contributed by atoms with Crippen LogP contribution in [0.25, 0.3) is 22.0 Å².